The number of amides is 1. The molecule has 2 N–H and O–H groups in total. The lowest BCUT2D eigenvalue weighted by Gasteiger charge is -2.08. The Bertz CT molecular complexity index is 1140. The van der Waals surface area contributed by atoms with Crippen LogP contribution in [0.25, 0.3) is 21.7 Å². The van der Waals surface area contributed by atoms with Gasteiger partial charge in [-0.05, 0) is 34.9 Å². The maximum Gasteiger partial charge on any atom is 0.339 e. The Morgan fingerprint density at radius 3 is 2.54 bits per heavy atom. The number of nitrogens with one attached hydrogen (secondary N) is 2. The minimum absolute atomic E-state index is 0.296. The fourth-order valence-electron chi connectivity index (χ4n) is 3.34. The molecule has 0 saturated heterocycles. The summed E-state index contributed by atoms with van der Waals surface area (Å²) < 4.78 is 5.20. The molecule has 0 bridgehead atoms. The highest BCUT2D eigenvalue weighted by atomic mass is 16.5. The average Bonchev–Trinajstić information content (AvgIpc) is 3.15. The van der Waals surface area contributed by atoms with Gasteiger partial charge in [0, 0.05) is 23.6 Å². The molecule has 0 aliphatic heterocycles. The number of ether oxygens (including phenoxy) is 1. The van der Waals surface area contributed by atoms with Crippen LogP contribution in [0.5, 0.6) is 0 Å². The monoisotopic (exact) mass is 372 g/mol. The van der Waals surface area contributed by atoms with Gasteiger partial charge in [0.25, 0.3) is 5.91 Å². The molecular formula is C23H20N2O3. The Hall–Kier alpha value is -3.60. The number of hydrogen-bond donors (Lipinski definition) is 2. The summed E-state index contributed by atoms with van der Waals surface area (Å²) in [5.74, 6) is -0.808. The Labute approximate surface area is 162 Å². The Morgan fingerprint density at radius 1 is 0.893 bits per heavy atom. The summed E-state index contributed by atoms with van der Waals surface area (Å²) in [7, 11) is 0. The van der Waals surface area contributed by atoms with Crippen LogP contribution in [0.4, 0.5) is 0 Å². The van der Waals surface area contributed by atoms with E-state index in [1.54, 1.807) is 12.1 Å². The van der Waals surface area contributed by atoms with Gasteiger partial charge in [-0.25, -0.2) is 4.79 Å². The highest BCUT2D eigenvalue weighted by Gasteiger charge is 2.13. The summed E-state index contributed by atoms with van der Waals surface area (Å²) in [6.07, 6.45) is 2.66. The van der Waals surface area contributed by atoms with Crippen molar-refractivity contribution in [3.8, 4) is 0 Å². The molecule has 0 atom stereocenters. The largest absolute Gasteiger partial charge is 0.452 e. The number of hydrogen-bond acceptors (Lipinski definition) is 3. The molecule has 0 aliphatic rings. The van der Waals surface area contributed by atoms with Gasteiger partial charge in [0.1, 0.15) is 0 Å². The first kappa shape index (κ1) is 17.8. The van der Waals surface area contributed by atoms with Crippen LogP contribution < -0.4 is 5.32 Å². The smallest absolute Gasteiger partial charge is 0.339 e. The maximum absolute atomic E-state index is 12.4. The highest BCUT2D eigenvalue weighted by Crippen LogP contribution is 2.19. The van der Waals surface area contributed by atoms with E-state index in [0.717, 1.165) is 27.2 Å². The second-order valence-electron chi connectivity index (χ2n) is 6.56. The quantitative estimate of drug-likeness (QED) is 0.505. The molecule has 0 saturated carbocycles. The first-order chi connectivity index (χ1) is 13.7. The molecule has 1 amide bonds. The van der Waals surface area contributed by atoms with Gasteiger partial charge in [-0.1, -0.05) is 54.6 Å². The third-order valence-electron chi connectivity index (χ3n) is 4.74. The molecule has 4 rings (SSSR count). The minimum Gasteiger partial charge on any atom is -0.452 e. The number of para-hydroxylation sites is 1. The lowest BCUT2D eigenvalue weighted by Crippen LogP contribution is -2.30. The van der Waals surface area contributed by atoms with Crippen molar-refractivity contribution < 1.29 is 14.3 Å². The standard InChI is InChI=1S/C23H20N2O3/c26-22(24-13-12-17-14-25-21-11-4-3-9-19(17)21)15-28-23(27)20-10-5-7-16-6-1-2-8-18(16)20/h1-11,14,25H,12-13,15H2,(H,24,26). The van der Waals surface area contributed by atoms with E-state index < -0.39 is 5.97 Å². The van der Waals surface area contributed by atoms with Gasteiger partial charge in [0.05, 0.1) is 5.56 Å². The van der Waals surface area contributed by atoms with Crippen LogP contribution in [0, 0.1) is 0 Å². The van der Waals surface area contributed by atoms with E-state index in [-0.39, 0.29) is 12.5 Å². The lowest BCUT2D eigenvalue weighted by atomic mass is 10.1. The zero-order valence-corrected chi connectivity index (χ0v) is 15.3. The third kappa shape index (κ3) is 3.74. The first-order valence-electron chi connectivity index (χ1n) is 9.19. The van der Waals surface area contributed by atoms with Crippen molar-refractivity contribution in [3.05, 3.63) is 84.1 Å². The van der Waals surface area contributed by atoms with Crippen molar-refractivity contribution in [1.82, 2.24) is 10.3 Å². The number of aromatic nitrogens is 1. The molecule has 0 unspecified atom stereocenters. The van der Waals surface area contributed by atoms with Crippen LogP contribution in [-0.2, 0) is 16.0 Å². The second kappa shape index (κ2) is 7.96. The van der Waals surface area contributed by atoms with Gasteiger partial charge >= 0.3 is 5.97 Å². The number of aromatic amines is 1. The summed E-state index contributed by atoms with van der Waals surface area (Å²) in [4.78, 5) is 27.6. The van der Waals surface area contributed by atoms with E-state index in [1.807, 2.05) is 54.7 Å². The Kier molecular flexibility index (Phi) is 5.06. The number of esters is 1. The van der Waals surface area contributed by atoms with Crippen molar-refractivity contribution >= 4 is 33.6 Å². The predicted octanol–water partition coefficient (Wildman–Crippen LogP) is 3.84. The van der Waals surface area contributed by atoms with E-state index in [4.69, 9.17) is 4.74 Å². The highest BCUT2D eigenvalue weighted by molar-refractivity contribution is 6.04. The molecule has 5 nitrogen and oxygen atoms in total. The van der Waals surface area contributed by atoms with Gasteiger partial charge in [-0.3, -0.25) is 4.79 Å². The van der Waals surface area contributed by atoms with Crippen LogP contribution in [0.1, 0.15) is 15.9 Å². The Balaban J connectivity index is 1.30. The molecule has 4 aromatic rings. The molecule has 0 fully saturated rings. The third-order valence-corrected chi connectivity index (χ3v) is 4.74. The normalized spacial score (nSPS) is 10.9. The topological polar surface area (TPSA) is 71.2 Å². The summed E-state index contributed by atoms with van der Waals surface area (Å²) >= 11 is 0. The first-order valence-corrected chi connectivity index (χ1v) is 9.19. The van der Waals surface area contributed by atoms with Crippen LogP contribution >= 0.6 is 0 Å². The zero-order valence-electron chi connectivity index (χ0n) is 15.3. The van der Waals surface area contributed by atoms with Gasteiger partial charge in [-0.2, -0.15) is 0 Å². The number of carbonyl (C=O) groups is 2. The Morgan fingerprint density at radius 2 is 1.64 bits per heavy atom. The molecule has 5 heteroatoms. The van der Waals surface area contributed by atoms with E-state index >= 15 is 0 Å². The molecule has 3 aromatic carbocycles. The average molecular weight is 372 g/mol. The number of fused-ring (bicyclic) bond motifs is 2. The predicted molar refractivity (Wildman–Crippen MR) is 109 cm³/mol. The number of rotatable bonds is 6. The molecule has 1 heterocycles. The van der Waals surface area contributed by atoms with Gasteiger partial charge in [0.2, 0.25) is 0 Å². The maximum atomic E-state index is 12.4. The summed E-state index contributed by atoms with van der Waals surface area (Å²) in [6, 6.07) is 21.1. The van der Waals surface area contributed by atoms with Gasteiger partial charge in [-0.15, -0.1) is 0 Å². The van der Waals surface area contributed by atoms with Crippen LogP contribution in [0.3, 0.4) is 0 Å². The number of H-pyrrole nitrogens is 1. The molecule has 0 aliphatic carbocycles. The summed E-state index contributed by atoms with van der Waals surface area (Å²) in [6.45, 7) is 0.183. The minimum atomic E-state index is -0.497. The molecule has 1 aromatic heterocycles. The van der Waals surface area contributed by atoms with E-state index in [0.29, 0.717) is 18.5 Å². The SMILES string of the molecule is O=C(COC(=O)c1cccc2ccccc12)NCCc1c[nH]c2ccccc12. The number of benzene rings is 3. The molecule has 28 heavy (non-hydrogen) atoms. The molecule has 0 radical (unpaired) electrons. The molecule has 0 spiro atoms. The summed E-state index contributed by atoms with van der Waals surface area (Å²) in [5, 5.41) is 5.72. The van der Waals surface area contributed by atoms with Crippen molar-refractivity contribution in [2.24, 2.45) is 0 Å². The van der Waals surface area contributed by atoms with Crippen molar-refractivity contribution in [1.29, 1.82) is 0 Å². The fraction of sp³-hybridized carbons (Fsp3) is 0.130. The second-order valence-corrected chi connectivity index (χ2v) is 6.56. The van der Waals surface area contributed by atoms with Crippen molar-refractivity contribution in [3.63, 3.8) is 0 Å². The van der Waals surface area contributed by atoms with Crippen LogP contribution in [0.2, 0.25) is 0 Å². The fourth-order valence-corrected chi connectivity index (χ4v) is 3.34. The van der Waals surface area contributed by atoms with Crippen molar-refractivity contribution in [2.45, 2.75) is 6.42 Å². The zero-order chi connectivity index (χ0) is 19.3. The molecular weight excluding hydrogens is 352 g/mol. The lowest BCUT2D eigenvalue weighted by molar-refractivity contribution is -0.124. The van der Waals surface area contributed by atoms with Gasteiger partial charge < -0.3 is 15.0 Å². The van der Waals surface area contributed by atoms with Gasteiger partial charge in [0.15, 0.2) is 6.61 Å². The van der Waals surface area contributed by atoms with E-state index in [1.165, 1.54) is 0 Å². The van der Waals surface area contributed by atoms with E-state index in [9.17, 15) is 9.59 Å². The summed E-state index contributed by atoms with van der Waals surface area (Å²) in [5.41, 5.74) is 2.68. The van der Waals surface area contributed by atoms with E-state index in [2.05, 4.69) is 16.4 Å². The van der Waals surface area contributed by atoms with Crippen LogP contribution in [0.15, 0.2) is 72.9 Å². The molecule has 140 valence electrons. The van der Waals surface area contributed by atoms with Crippen LogP contribution in [-0.4, -0.2) is 30.0 Å². The number of carbonyl (C=O) groups excluding carboxylic acids is 2. The van der Waals surface area contributed by atoms with Crippen molar-refractivity contribution in [2.75, 3.05) is 13.2 Å².